The third-order valence-electron chi connectivity index (χ3n) is 6.41. The first-order valence-electron chi connectivity index (χ1n) is 12.0. The zero-order valence-electron chi connectivity index (χ0n) is 20.1. The normalized spacial score (nSPS) is 11.7. The monoisotopic (exact) mass is 532 g/mol. The van der Waals surface area contributed by atoms with Crippen LogP contribution in [0.25, 0.3) is 55.7 Å². The van der Waals surface area contributed by atoms with Gasteiger partial charge in [0.05, 0.1) is 22.9 Å². The summed E-state index contributed by atoms with van der Waals surface area (Å²) in [7, 11) is 0.0819. The Morgan fingerprint density at radius 3 is 1.58 bits per heavy atom. The summed E-state index contributed by atoms with van der Waals surface area (Å²) in [5.74, 6) is 0. The van der Waals surface area contributed by atoms with Gasteiger partial charge in [-0.15, -0.1) is 0 Å². The summed E-state index contributed by atoms with van der Waals surface area (Å²) in [5.41, 5.74) is 12.0. The lowest BCUT2D eigenvalue weighted by atomic mass is 9.97. The number of hydrogen-bond acceptors (Lipinski definition) is 4. The molecule has 2 unspecified atom stereocenters. The van der Waals surface area contributed by atoms with E-state index in [-0.39, 0.29) is 17.2 Å². The molecule has 0 spiro atoms. The van der Waals surface area contributed by atoms with Crippen LogP contribution >= 0.6 is 17.2 Å². The van der Waals surface area contributed by atoms with E-state index in [1.165, 1.54) is 0 Å². The molecule has 0 fully saturated rings. The highest BCUT2D eigenvalue weighted by molar-refractivity contribution is 7.62. The fourth-order valence-electron chi connectivity index (χ4n) is 4.46. The minimum atomic E-state index is 0.0390. The summed E-state index contributed by atoms with van der Waals surface area (Å²) < 4.78 is 0. The Bertz CT molecular complexity index is 1740. The first-order chi connectivity index (χ1) is 18.7. The van der Waals surface area contributed by atoms with Crippen LogP contribution < -0.4 is 11.1 Å². The fourth-order valence-corrected chi connectivity index (χ4v) is 5.42. The van der Waals surface area contributed by atoms with Crippen molar-refractivity contribution < 1.29 is 9.59 Å². The summed E-state index contributed by atoms with van der Waals surface area (Å²) in [6.45, 7) is 0. The highest BCUT2D eigenvalue weighted by Gasteiger charge is 2.07. The quantitative estimate of drug-likeness (QED) is 0.187. The SMILES string of the molecule is O=CPc1ncc(-c2ccc(-c3ccc(-c4ccc(-c5ccc6nc(PC=O)[nH]c6c5)cc4)cc3)cc2)[nH]1. The maximum atomic E-state index is 10.8. The Morgan fingerprint density at radius 1 is 0.553 bits per heavy atom. The van der Waals surface area contributed by atoms with Gasteiger partial charge < -0.3 is 9.97 Å². The average molecular weight is 532 g/mol. The second kappa shape index (κ2) is 10.6. The number of hydrogen-bond donors (Lipinski definition) is 2. The summed E-state index contributed by atoms with van der Waals surface area (Å²) in [4.78, 5) is 36.6. The van der Waals surface area contributed by atoms with Gasteiger partial charge in [0.15, 0.2) is 0 Å². The molecule has 0 saturated carbocycles. The van der Waals surface area contributed by atoms with E-state index in [0.717, 1.165) is 67.7 Å². The average Bonchev–Trinajstić information content (AvgIpc) is 3.60. The van der Waals surface area contributed by atoms with Gasteiger partial charge in [0.2, 0.25) is 0 Å². The van der Waals surface area contributed by atoms with Crippen LogP contribution in [0, 0.1) is 0 Å². The lowest BCUT2D eigenvalue weighted by Gasteiger charge is -2.08. The Morgan fingerprint density at radius 2 is 1.03 bits per heavy atom. The van der Waals surface area contributed by atoms with Crippen molar-refractivity contribution in [2.24, 2.45) is 0 Å². The van der Waals surface area contributed by atoms with Crippen molar-refractivity contribution in [2.45, 2.75) is 0 Å². The standard InChI is InChI=1S/C30H22N4O2P2/c35-17-37-29-31-16-28(34-29)24-11-9-22(10-12-24)20-3-1-19(2-4-20)21-5-7-23(8-6-21)25-13-14-26-27(15-25)33-30(32-26)38-18-36/h1-18,37-38H,(H,31,34)(H,32,33). The van der Waals surface area contributed by atoms with Crippen LogP contribution in [0.3, 0.4) is 0 Å². The highest BCUT2D eigenvalue weighted by atomic mass is 31.1. The number of H-pyrrole nitrogens is 2. The van der Waals surface area contributed by atoms with Crippen LogP contribution in [-0.4, -0.2) is 32.0 Å². The molecule has 6 rings (SSSR count). The predicted octanol–water partition coefficient (Wildman–Crippen LogP) is 5.94. The Kier molecular flexibility index (Phi) is 6.75. The van der Waals surface area contributed by atoms with Gasteiger partial charge in [-0.25, -0.2) is 9.97 Å². The molecule has 4 aromatic carbocycles. The molecule has 0 bridgehead atoms. The molecule has 2 atom stereocenters. The number of imidazole rings is 2. The van der Waals surface area contributed by atoms with Gasteiger partial charge in [-0.1, -0.05) is 78.9 Å². The van der Waals surface area contributed by atoms with Gasteiger partial charge in [0, 0.05) is 17.2 Å². The topological polar surface area (TPSA) is 91.5 Å². The third-order valence-corrected chi connectivity index (χ3v) is 7.69. The van der Waals surface area contributed by atoms with E-state index < -0.39 is 0 Å². The Hall–Kier alpha value is -4.24. The molecule has 2 N–H and O–H groups in total. The van der Waals surface area contributed by atoms with Crippen molar-refractivity contribution in [1.29, 1.82) is 0 Å². The second-order valence-electron chi connectivity index (χ2n) is 8.72. The minimum Gasteiger partial charge on any atom is -0.338 e. The number of benzene rings is 4. The molecule has 0 saturated heterocycles. The van der Waals surface area contributed by atoms with Gasteiger partial charge in [0.1, 0.15) is 23.2 Å². The molecule has 0 aliphatic heterocycles. The van der Waals surface area contributed by atoms with E-state index in [9.17, 15) is 9.59 Å². The van der Waals surface area contributed by atoms with Gasteiger partial charge in [-0.05, 0) is 51.1 Å². The predicted molar refractivity (Wildman–Crippen MR) is 159 cm³/mol. The van der Waals surface area contributed by atoms with Crippen LogP contribution in [0.5, 0.6) is 0 Å². The molecular weight excluding hydrogens is 510 g/mol. The van der Waals surface area contributed by atoms with E-state index in [1.807, 2.05) is 6.07 Å². The smallest absolute Gasteiger partial charge is 0.146 e. The Balaban J connectivity index is 1.17. The van der Waals surface area contributed by atoms with Crippen molar-refractivity contribution in [1.82, 2.24) is 19.9 Å². The number of nitrogens with zero attached hydrogens (tertiary/aromatic N) is 2. The molecule has 0 aliphatic rings. The number of carbonyl (C=O) groups excluding carboxylic acids is 2. The molecule has 2 heterocycles. The zero-order valence-corrected chi connectivity index (χ0v) is 22.1. The zero-order chi connectivity index (χ0) is 25.9. The first kappa shape index (κ1) is 24.1. The molecule has 6 nitrogen and oxygen atoms in total. The van der Waals surface area contributed by atoms with Gasteiger partial charge in [-0.2, -0.15) is 0 Å². The van der Waals surface area contributed by atoms with E-state index in [4.69, 9.17) is 0 Å². The van der Waals surface area contributed by atoms with Crippen molar-refractivity contribution in [3.8, 4) is 44.6 Å². The number of aromatic nitrogens is 4. The van der Waals surface area contributed by atoms with E-state index in [2.05, 4.69) is 105 Å². The molecule has 0 radical (unpaired) electrons. The third kappa shape index (κ3) is 4.97. The summed E-state index contributed by atoms with van der Waals surface area (Å²) >= 11 is 0. The van der Waals surface area contributed by atoms with Crippen molar-refractivity contribution in [2.75, 3.05) is 0 Å². The van der Waals surface area contributed by atoms with Gasteiger partial charge in [-0.3, -0.25) is 9.59 Å². The highest BCUT2D eigenvalue weighted by Crippen LogP contribution is 2.29. The fraction of sp³-hybridized carbons (Fsp3) is 0. The van der Waals surface area contributed by atoms with Crippen LogP contribution in [0.4, 0.5) is 0 Å². The number of fused-ring (bicyclic) bond motifs is 1. The van der Waals surface area contributed by atoms with E-state index >= 15 is 0 Å². The molecule has 2 aromatic heterocycles. The lowest BCUT2D eigenvalue weighted by molar-refractivity contribution is 0.569. The molecule has 184 valence electrons. The van der Waals surface area contributed by atoms with Crippen LogP contribution in [0.1, 0.15) is 0 Å². The van der Waals surface area contributed by atoms with E-state index in [1.54, 1.807) is 6.20 Å². The summed E-state index contributed by atoms with van der Waals surface area (Å²) in [5, 5.41) is 0. The van der Waals surface area contributed by atoms with Crippen molar-refractivity contribution in [3.05, 3.63) is 97.2 Å². The van der Waals surface area contributed by atoms with Crippen LogP contribution in [0.15, 0.2) is 97.2 Å². The van der Waals surface area contributed by atoms with Gasteiger partial charge >= 0.3 is 0 Å². The van der Waals surface area contributed by atoms with E-state index in [0.29, 0.717) is 11.1 Å². The summed E-state index contributed by atoms with van der Waals surface area (Å²) in [6, 6.07) is 33.3. The number of rotatable bonds is 8. The maximum Gasteiger partial charge on any atom is 0.146 e. The lowest BCUT2D eigenvalue weighted by Crippen LogP contribution is -1.97. The summed E-state index contributed by atoms with van der Waals surface area (Å²) in [6.07, 6.45) is 1.77. The molecule has 38 heavy (non-hydrogen) atoms. The molecule has 8 heteroatoms. The number of nitrogens with one attached hydrogen (secondary N) is 2. The first-order valence-corrected chi connectivity index (χ1v) is 14.1. The molecule has 0 aliphatic carbocycles. The maximum absolute atomic E-state index is 10.8. The minimum absolute atomic E-state index is 0.0390. The van der Waals surface area contributed by atoms with Crippen LogP contribution in [0.2, 0.25) is 0 Å². The number of aromatic amines is 2. The van der Waals surface area contributed by atoms with Gasteiger partial charge in [0.25, 0.3) is 0 Å². The largest absolute Gasteiger partial charge is 0.338 e. The van der Waals surface area contributed by atoms with Crippen molar-refractivity contribution >= 4 is 51.4 Å². The molecule has 0 amide bonds. The molecular formula is C30H22N4O2P2. The van der Waals surface area contributed by atoms with Crippen molar-refractivity contribution in [3.63, 3.8) is 0 Å². The Labute approximate surface area is 222 Å². The molecule has 6 aromatic rings. The number of carbonyl (C=O) groups is 2. The second-order valence-corrected chi connectivity index (χ2v) is 10.7. The van der Waals surface area contributed by atoms with Crippen LogP contribution in [-0.2, 0) is 9.59 Å².